The van der Waals surface area contributed by atoms with Crippen molar-refractivity contribution in [3.63, 3.8) is 0 Å². The molecule has 0 radical (unpaired) electrons. The van der Waals surface area contributed by atoms with E-state index in [1.54, 1.807) is 12.1 Å². The molecule has 2 unspecified atom stereocenters. The molecule has 1 amide bonds. The third-order valence-corrected chi connectivity index (χ3v) is 5.65. The van der Waals surface area contributed by atoms with E-state index < -0.39 is 5.54 Å². The molecular weight excluding hydrogens is 310 g/mol. The standard InChI is InChI=1S/C22H17NO2/c24-14-23-21-13-15-5-1-3-7-19(15)22(23,16-9-11-17(25)12-10-16)20-8-4-2-6-18(20)21/h1-12,14,21,25H,13H2. The molecule has 3 heteroatoms. The number of hydrogen-bond donors (Lipinski definition) is 1. The Kier molecular flexibility index (Phi) is 2.84. The van der Waals surface area contributed by atoms with Gasteiger partial charge in [-0.3, -0.25) is 4.79 Å². The first kappa shape index (κ1) is 14.3. The Morgan fingerprint density at radius 2 is 1.60 bits per heavy atom. The smallest absolute Gasteiger partial charge is 0.211 e. The van der Waals surface area contributed by atoms with Crippen LogP contribution in [0.25, 0.3) is 0 Å². The first-order valence-electron chi connectivity index (χ1n) is 8.48. The monoisotopic (exact) mass is 327 g/mol. The van der Waals surface area contributed by atoms with Crippen molar-refractivity contribution < 1.29 is 9.90 Å². The SMILES string of the molecule is O=CN1C2Cc3ccccc3C1(c1ccc(O)cc1)c1ccccc12. The van der Waals surface area contributed by atoms with E-state index in [1.807, 2.05) is 35.2 Å². The fourth-order valence-corrected chi connectivity index (χ4v) is 4.71. The number of carbonyl (C=O) groups excluding carboxylic acids is 1. The van der Waals surface area contributed by atoms with E-state index in [4.69, 9.17) is 0 Å². The van der Waals surface area contributed by atoms with E-state index >= 15 is 0 Å². The van der Waals surface area contributed by atoms with Gasteiger partial charge in [0.05, 0.1) is 6.04 Å². The number of amides is 1. The Bertz CT molecular complexity index is 966. The van der Waals surface area contributed by atoms with Gasteiger partial charge in [-0.25, -0.2) is 0 Å². The molecule has 5 rings (SSSR count). The highest BCUT2D eigenvalue weighted by Crippen LogP contribution is 2.57. The maximum atomic E-state index is 12.2. The topological polar surface area (TPSA) is 40.5 Å². The van der Waals surface area contributed by atoms with Crippen LogP contribution in [0.5, 0.6) is 5.75 Å². The molecule has 3 nitrogen and oxygen atoms in total. The summed E-state index contributed by atoms with van der Waals surface area (Å²) in [6, 6.07) is 24.0. The number of aromatic hydroxyl groups is 1. The summed E-state index contributed by atoms with van der Waals surface area (Å²) in [6.07, 6.45) is 1.80. The van der Waals surface area contributed by atoms with Crippen LogP contribution in [0.15, 0.2) is 72.8 Å². The van der Waals surface area contributed by atoms with Gasteiger partial charge in [-0.2, -0.15) is 0 Å². The summed E-state index contributed by atoms with van der Waals surface area (Å²) in [5, 5.41) is 9.75. The first-order chi connectivity index (χ1) is 12.3. The average Bonchev–Trinajstić information content (AvgIpc) is 2.86. The molecule has 3 aromatic rings. The van der Waals surface area contributed by atoms with Crippen molar-refractivity contribution in [2.75, 3.05) is 0 Å². The van der Waals surface area contributed by atoms with Gasteiger partial charge in [0.1, 0.15) is 11.3 Å². The number of nitrogens with zero attached hydrogens (tertiary/aromatic N) is 1. The highest BCUT2D eigenvalue weighted by Gasteiger charge is 2.55. The fraction of sp³-hybridized carbons (Fsp3) is 0.136. The third-order valence-electron chi connectivity index (χ3n) is 5.65. The summed E-state index contributed by atoms with van der Waals surface area (Å²) in [7, 11) is 0. The van der Waals surface area contributed by atoms with E-state index in [0.29, 0.717) is 0 Å². The molecule has 2 bridgehead atoms. The predicted molar refractivity (Wildman–Crippen MR) is 95.2 cm³/mol. The van der Waals surface area contributed by atoms with Gasteiger partial charge in [0.15, 0.2) is 0 Å². The molecule has 0 aromatic heterocycles. The van der Waals surface area contributed by atoms with Crippen LogP contribution in [-0.2, 0) is 16.8 Å². The van der Waals surface area contributed by atoms with Gasteiger partial charge in [0.2, 0.25) is 6.41 Å². The van der Waals surface area contributed by atoms with Crippen molar-refractivity contribution >= 4 is 6.41 Å². The van der Waals surface area contributed by atoms with Crippen LogP contribution in [-0.4, -0.2) is 16.4 Å². The number of carbonyl (C=O) groups is 1. The van der Waals surface area contributed by atoms with Crippen LogP contribution in [0, 0.1) is 0 Å². The van der Waals surface area contributed by atoms with Gasteiger partial charge in [-0.05, 0) is 46.4 Å². The van der Waals surface area contributed by atoms with Gasteiger partial charge in [0, 0.05) is 0 Å². The molecule has 2 aliphatic rings. The van der Waals surface area contributed by atoms with Gasteiger partial charge in [0.25, 0.3) is 0 Å². The summed E-state index contributed by atoms with van der Waals surface area (Å²) in [5.74, 6) is 0.227. The van der Waals surface area contributed by atoms with Crippen LogP contribution < -0.4 is 0 Å². The lowest BCUT2D eigenvalue weighted by Gasteiger charge is -2.45. The average molecular weight is 327 g/mol. The van der Waals surface area contributed by atoms with Crippen molar-refractivity contribution in [3.05, 3.63) is 101 Å². The normalized spacial score (nSPS) is 23.0. The Balaban J connectivity index is 1.93. The Hall–Kier alpha value is -3.07. The van der Waals surface area contributed by atoms with Crippen molar-refractivity contribution in [1.29, 1.82) is 0 Å². The van der Waals surface area contributed by atoms with Crippen molar-refractivity contribution in [2.24, 2.45) is 0 Å². The first-order valence-corrected chi connectivity index (χ1v) is 8.48. The van der Waals surface area contributed by atoms with Crippen LogP contribution in [0.2, 0.25) is 0 Å². The van der Waals surface area contributed by atoms with Crippen molar-refractivity contribution in [1.82, 2.24) is 4.90 Å². The molecular formula is C22H17NO2. The van der Waals surface area contributed by atoms with E-state index in [1.165, 1.54) is 11.1 Å². The van der Waals surface area contributed by atoms with Crippen LogP contribution >= 0.6 is 0 Å². The number of rotatable bonds is 2. The molecule has 122 valence electrons. The second-order valence-electron chi connectivity index (χ2n) is 6.73. The maximum absolute atomic E-state index is 12.2. The number of phenolic OH excluding ortho intramolecular Hbond substituents is 1. The van der Waals surface area contributed by atoms with Crippen molar-refractivity contribution in [2.45, 2.75) is 18.0 Å². The van der Waals surface area contributed by atoms with Crippen LogP contribution in [0.1, 0.15) is 33.9 Å². The molecule has 25 heavy (non-hydrogen) atoms. The molecule has 0 saturated heterocycles. The summed E-state index contributed by atoms with van der Waals surface area (Å²) in [4.78, 5) is 14.2. The molecule has 2 atom stereocenters. The van der Waals surface area contributed by atoms with Crippen LogP contribution in [0.3, 0.4) is 0 Å². The molecule has 2 aliphatic heterocycles. The zero-order valence-corrected chi connectivity index (χ0v) is 13.6. The third kappa shape index (κ3) is 1.67. The Labute approximate surface area is 146 Å². The predicted octanol–water partition coefficient (Wildman–Crippen LogP) is 3.75. The highest BCUT2D eigenvalue weighted by atomic mass is 16.3. The second-order valence-corrected chi connectivity index (χ2v) is 6.73. The maximum Gasteiger partial charge on any atom is 0.211 e. The molecule has 0 spiro atoms. The number of fused-ring (bicyclic) bond motifs is 7. The second kappa shape index (κ2) is 4.96. The summed E-state index contributed by atoms with van der Waals surface area (Å²) in [6.45, 7) is 0. The largest absolute Gasteiger partial charge is 0.508 e. The fourth-order valence-electron chi connectivity index (χ4n) is 4.71. The van der Waals surface area contributed by atoms with Crippen LogP contribution in [0.4, 0.5) is 0 Å². The molecule has 3 aromatic carbocycles. The lowest BCUT2D eigenvalue weighted by Crippen LogP contribution is -2.47. The van der Waals surface area contributed by atoms with E-state index in [9.17, 15) is 9.90 Å². The molecule has 0 fully saturated rings. The summed E-state index contributed by atoms with van der Waals surface area (Å²) < 4.78 is 0. The van der Waals surface area contributed by atoms with E-state index in [-0.39, 0.29) is 11.8 Å². The highest BCUT2D eigenvalue weighted by molar-refractivity contribution is 5.69. The lowest BCUT2D eigenvalue weighted by molar-refractivity contribution is -0.124. The zero-order chi connectivity index (χ0) is 17.0. The summed E-state index contributed by atoms with van der Waals surface area (Å²) in [5.41, 5.74) is 5.15. The van der Waals surface area contributed by atoms with Gasteiger partial charge in [-0.1, -0.05) is 60.7 Å². The number of hydrogen-bond acceptors (Lipinski definition) is 2. The Morgan fingerprint density at radius 1 is 0.920 bits per heavy atom. The van der Waals surface area contributed by atoms with E-state index in [2.05, 4.69) is 30.3 Å². The minimum Gasteiger partial charge on any atom is -0.508 e. The number of phenols is 1. The van der Waals surface area contributed by atoms with Gasteiger partial charge >= 0.3 is 0 Å². The zero-order valence-electron chi connectivity index (χ0n) is 13.6. The minimum absolute atomic E-state index is 0.0393. The minimum atomic E-state index is -0.633. The summed E-state index contributed by atoms with van der Waals surface area (Å²) >= 11 is 0. The molecule has 0 saturated carbocycles. The van der Waals surface area contributed by atoms with Crippen molar-refractivity contribution in [3.8, 4) is 5.75 Å². The quantitative estimate of drug-likeness (QED) is 0.728. The molecule has 1 N–H and O–H groups in total. The lowest BCUT2D eigenvalue weighted by atomic mass is 9.74. The van der Waals surface area contributed by atoms with Gasteiger partial charge in [-0.15, -0.1) is 0 Å². The van der Waals surface area contributed by atoms with E-state index in [0.717, 1.165) is 29.5 Å². The molecule has 2 heterocycles. The molecule has 0 aliphatic carbocycles. The Morgan fingerprint density at radius 3 is 2.36 bits per heavy atom. The number of benzene rings is 3. The van der Waals surface area contributed by atoms with Gasteiger partial charge < -0.3 is 10.0 Å².